The molecule has 2 aliphatic heterocycles. The van der Waals surface area contributed by atoms with Gasteiger partial charge >= 0.3 is 0 Å². The van der Waals surface area contributed by atoms with E-state index in [0.717, 1.165) is 30.5 Å². The minimum Gasteiger partial charge on any atom is -0.454 e. The van der Waals surface area contributed by atoms with Crippen LogP contribution in [-0.4, -0.2) is 38.5 Å². The molecule has 0 atom stereocenters. The number of hydrogen-bond donors (Lipinski definition) is 1. The molecule has 0 bridgehead atoms. The van der Waals surface area contributed by atoms with Gasteiger partial charge in [0.1, 0.15) is 10.7 Å². The van der Waals surface area contributed by atoms with Gasteiger partial charge in [-0.05, 0) is 62.6 Å². The smallest absolute Gasteiger partial charge is 0.252 e. The third-order valence-corrected chi connectivity index (χ3v) is 7.31. The first-order valence-electron chi connectivity index (χ1n) is 9.71. The quantitative estimate of drug-likeness (QED) is 0.782. The summed E-state index contributed by atoms with van der Waals surface area (Å²) < 4.78 is 51.8. The van der Waals surface area contributed by atoms with E-state index in [9.17, 15) is 17.6 Å². The van der Waals surface area contributed by atoms with E-state index in [-0.39, 0.29) is 12.4 Å². The Morgan fingerprint density at radius 1 is 1.07 bits per heavy atom. The van der Waals surface area contributed by atoms with Gasteiger partial charge in [-0.2, -0.15) is 4.31 Å². The maximum atomic E-state index is 14.3. The number of nitrogens with one attached hydrogen (secondary N) is 1. The van der Waals surface area contributed by atoms with Crippen LogP contribution in [0.15, 0.2) is 41.3 Å². The minimum atomic E-state index is -3.98. The summed E-state index contributed by atoms with van der Waals surface area (Å²) in [4.78, 5) is 12.4. The molecule has 0 unspecified atom stereocenters. The van der Waals surface area contributed by atoms with Crippen molar-refractivity contribution in [3.63, 3.8) is 0 Å². The van der Waals surface area contributed by atoms with Crippen LogP contribution in [0, 0.1) is 5.82 Å². The molecule has 30 heavy (non-hydrogen) atoms. The fraction of sp³-hybridized carbons (Fsp3) is 0.381. The summed E-state index contributed by atoms with van der Waals surface area (Å²) in [7, 11) is -3.98. The van der Waals surface area contributed by atoms with E-state index in [1.807, 2.05) is 19.9 Å². The second-order valence-corrected chi connectivity index (χ2v) is 9.81. The van der Waals surface area contributed by atoms with Crippen molar-refractivity contribution in [2.45, 2.75) is 37.1 Å². The van der Waals surface area contributed by atoms with Gasteiger partial charge in [-0.3, -0.25) is 4.79 Å². The molecule has 2 aromatic carbocycles. The number of sulfonamides is 1. The zero-order chi connectivity index (χ0) is 21.5. The van der Waals surface area contributed by atoms with Gasteiger partial charge in [0.2, 0.25) is 16.8 Å². The average molecular weight is 434 g/mol. The van der Waals surface area contributed by atoms with Gasteiger partial charge < -0.3 is 14.8 Å². The van der Waals surface area contributed by atoms with Gasteiger partial charge in [-0.25, -0.2) is 12.8 Å². The third-order valence-electron chi connectivity index (χ3n) is 5.40. The van der Waals surface area contributed by atoms with Crippen LogP contribution in [0.25, 0.3) is 0 Å². The molecule has 2 heterocycles. The largest absolute Gasteiger partial charge is 0.454 e. The number of nitrogens with zero attached hydrogens (tertiary/aromatic N) is 1. The summed E-state index contributed by atoms with van der Waals surface area (Å²) in [6.45, 7) is 4.49. The molecule has 2 aromatic rings. The fourth-order valence-electron chi connectivity index (χ4n) is 3.62. The van der Waals surface area contributed by atoms with Gasteiger partial charge in [0.25, 0.3) is 5.91 Å². The number of ether oxygens (including phenoxy) is 2. The molecule has 160 valence electrons. The van der Waals surface area contributed by atoms with Crippen molar-refractivity contribution in [3.05, 3.63) is 53.3 Å². The lowest BCUT2D eigenvalue weighted by atomic mass is 9.93. The van der Waals surface area contributed by atoms with Gasteiger partial charge in [-0.15, -0.1) is 0 Å². The van der Waals surface area contributed by atoms with E-state index in [1.165, 1.54) is 10.4 Å². The number of hydrogen-bond acceptors (Lipinski definition) is 5. The number of halogens is 1. The Bertz CT molecular complexity index is 1090. The highest BCUT2D eigenvalue weighted by atomic mass is 32.2. The van der Waals surface area contributed by atoms with E-state index >= 15 is 0 Å². The Labute approximate surface area is 174 Å². The summed E-state index contributed by atoms with van der Waals surface area (Å²) in [5.74, 6) is -0.143. The van der Waals surface area contributed by atoms with Crippen molar-refractivity contribution in [3.8, 4) is 11.5 Å². The molecular formula is C21H23FN2O5S. The topological polar surface area (TPSA) is 84.9 Å². The zero-order valence-electron chi connectivity index (χ0n) is 16.8. The van der Waals surface area contributed by atoms with Crippen LogP contribution in [-0.2, 0) is 15.6 Å². The molecule has 1 amide bonds. The predicted molar refractivity (Wildman–Crippen MR) is 107 cm³/mol. The lowest BCUT2D eigenvalue weighted by Crippen LogP contribution is -2.41. The molecule has 2 aliphatic rings. The van der Waals surface area contributed by atoms with Gasteiger partial charge in [0.05, 0.1) is 5.54 Å². The number of fused-ring (bicyclic) bond motifs is 1. The molecule has 1 N–H and O–H groups in total. The Morgan fingerprint density at radius 2 is 1.77 bits per heavy atom. The second kappa shape index (κ2) is 7.55. The predicted octanol–water partition coefficient (Wildman–Crippen LogP) is 3.00. The summed E-state index contributed by atoms with van der Waals surface area (Å²) in [5.41, 5.74) is 0.0654. The molecule has 0 aromatic heterocycles. The van der Waals surface area contributed by atoms with E-state index in [1.54, 1.807) is 12.1 Å². The van der Waals surface area contributed by atoms with E-state index in [0.29, 0.717) is 24.6 Å². The Morgan fingerprint density at radius 3 is 2.50 bits per heavy atom. The third kappa shape index (κ3) is 3.75. The van der Waals surface area contributed by atoms with Crippen LogP contribution in [0.4, 0.5) is 4.39 Å². The maximum Gasteiger partial charge on any atom is 0.252 e. The minimum absolute atomic E-state index is 0.0722. The molecule has 1 saturated heterocycles. The number of benzene rings is 2. The van der Waals surface area contributed by atoms with Crippen molar-refractivity contribution in [1.29, 1.82) is 0 Å². The summed E-state index contributed by atoms with van der Waals surface area (Å²) >= 11 is 0. The zero-order valence-corrected chi connectivity index (χ0v) is 17.6. The monoisotopic (exact) mass is 434 g/mol. The molecule has 0 radical (unpaired) electrons. The van der Waals surface area contributed by atoms with Crippen molar-refractivity contribution < 1.29 is 27.1 Å². The highest BCUT2D eigenvalue weighted by Crippen LogP contribution is 2.35. The number of carbonyl (C=O) groups is 1. The highest BCUT2D eigenvalue weighted by molar-refractivity contribution is 7.89. The molecule has 9 heteroatoms. The van der Waals surface area contributed by atoms with Gasteiger partial charge in [0.15, 0.2) is 11.5 Å². The maximum absolute atomic E-state index is 14.3. The molecule has 0 aliphatic carbocycles. The number of amides is 1. The average Bonchev–Trinajstić information content (AvgIpc) is 3.39. The number of rotatable bonds is 5. The van der Waals surface area contributed by atoms with Crippen LogP contribution in [0.2, 0.25) is 0 Å². The first kappa shape index (κ1) is 20.6. The summed E-state index contributed by atoms with van der Waals surface area (Å²) in [6, 6.07) is 8.78. The Hall–Kier alpha value is -2.65. The first-order valence-corrected chi connectivity index (χ1v) is 11.1. The fourth-order valence-corrected chi connectivity index (χ4v) is 5.23. The van der Waals surface area contributed by atoms with Crippen LogP contribution in [0.1, 0.15) is 42.6 Å². The summed E-state index contributed by atoms with van der Waals surface area (Å²) in [6.07, 6.45) is 1.48. The molecule has 7 nitrogen and oxygen atoms in total. The van der Waals surface area contributed by atoms with Crippen LogP contribution in [0.5, 0.6) is 11.5 Å². The molecule has 0 saturated carbocycles. The first-order chi connectivity index (χ1) is 14.2. The van der Waals surface area contributed by atoms with E-state index in [4.69, 9.17) is 9.47 Å². The van der Waals surface area contributed by atoms with E-state index in [2.05, 4.69) is 5.32 Å². The lowest BCUT2D eigenvalue weighted by molar-refractivity contribution is 0.0911. The number of carbonyl (C=O) groups excluding carboxylic acids is 1. The van der Waals surface area contributed by atoms with Crippen LogP contribution in [0.3, 0.4) is 0 Å². The molecule has 1 fully saturated rings. The van der Waals surface area contributed by atoms with Crippen LogP contribution < -0.4 is 14.8 Å². The Balaban J connectivity index is 1.59. The SMILES string of the molecule is CC(C)(NC(=O)c1ccc(F)c(S(=O)(=O)N2CCCC2)c1)c1ccc2c(c1)OCO2. The lowest BCUT2D eigenvalue weighted by Gasteiger charge is -2.27. The van der Waals surface area contributed by atoms with Crippen molar-refractivity contribution in [1.82, 2.24) is 9.62 Å². The summed E-state index contributed by atoms with van der Waals surface area (Å²) in [5, 5.41) is 2.88. The van der Waals surface area contributed by atoms with Gasteiger partial charge in [0, 0.05) is 18.7 Å². The molecule has 0 spiro atoms. The second-order valence-electron chi connectivity index (χ2n) is 7.90. The van der Waals surface area contributed by atoms with Crippen molar-refractivity contribution in [2.75, 3.05) is 19.9 Å². The molecular weight excluding hydrogens is 411 g/mol. The standard InChI is InChI=1S/C21H23FN2O5S/c1-21(2,15-6-8-17-18(12-15)29-13-28-17)23-20(25)14-5-7-16(22)19(11-14)30(26,27)24-9-3-4-10-24/h5-8,11-12H,3-4,9-10,13H2,1-2H3,(H,23,25). The van der Waals surface area contributed by atoms with Gasteiger partial charge in [-0.1, -0.05) is 6.07 Å². The van der Waals surface area contributed by atoms with Crippen molar-refractivity contribution >= 4 is 15.9 Å². The normalized spacial score (nSPS) is 16.6. The molecule has 4 rings (SSSR count). The Kier molecular flexibility index (Phi) is 5.19. The highest BCUT2D eigenvalue weighted by Gasteiger charge is 2.31. The van der Waals surface area contributed by atoms with Crippen molar-refractivity contribution in [2.24, 2.45) is 0 Å². The van der Waals surface area contributed by atoms with Crippen LogP contribution >= 0.6 is 0 Å². The van der Waals surface area contributed by atoms with E-state index < -0.39 is 32.2 Å².